The van der Waals surface area contributed by atoms with Crippen LogP contribution < -0.4 is 5.32 Å². The van der Waals surface area contributed by atoms with Gasteiger partial charge in [0.2, 0.25) is 5.91 Å². The van der Waals surface area contributed by atoms with Gasteiger partial charge in [-0.15, -0.1) is 0 Å². The number of likely N-dealkylation sites (tertiary alicyclic amines) is 2. The molecule has 0 aromatic heterocycles. The molecule has 0 aliphatic carbocycles. The lowest BCUT2D eigenvalue weighted by Crippen LogP contribution is -2.52. The van der Waals surface area contributed by atoms with Crippen LogP contribution in [-0.2, 0) is 16.0 Å². The van der Waals surface area contributed by atoms with Gasteiger partial charge < -0.3 is 20.2 Å². The van der Waals surface area contributed by atoms with Crippen LogP contribution in [0.4, 0.5) is 4.79 Å². The second-order valence-corrected chi connectivity index (χ2v) is 7.35. The Hall–Kier alpha value is -2.57. The summed E-state index contributed by atoms with van der Waals surface area (Å²) in [7, 11) is 0. The van der Waals surface area contributed by atoms with Gasteiger partial charge in [0.25, 0.3) is 0 Å². The third-order valence-corrected chi connectivity index (χ3v) is 5.34. The van der Waals surface area contributed by atoms with E-state index < -0.39 is 12.0 Å². The predicted molar refractivity (Wildman–Crippen MR) is 100 cm³/mol. The molecule has 0 saturated carbocycles. The highest BCUT2D eigenvalue weighted by Crippen LogP contribution is 2.20. The van der Waals surface area contributed by atoms with Gasteiger partial charge in [-0.2, -0.15) is 0 Å². The molecule has 3 rings (SSSR count). The molecule has 146 valence electrons. The smallest absolute Gasteiger partial charge is 0.326 e. The number of rotatable bonds is 5. The van der Waals surface area contributed by atoms with E-state index >= 15 is 0 Å². The minimum atomic E-state index is -1.05. The van der Waals surface area contributed by atoms with Crippen LogP contribution in [0, 0.1) is 5.92 Å². The van der Waals surface area contributed by atoms with Crippen molar-refractivity contribution < 1.29 is 19.5 Å². The molecule has 1 aromatic carbocycles. The molecule has 1 unspecified atom stereocenters. The molecular weight excluding hydrogens is 346 g/mol. The highest BCUT2D eigenvalue weighted by molar-refractivity contribution is 5.86. The zero-order valence-electron chi connectivity index (χ0n) is 15.5. The number of carbonyl (C=O) groups is 3. The summed E-state index contributed by atoms with van der Waals surface area (Å²) in [5.74, 6) is -1.69. The van der Waals surface area contributed by atoms with E-state index in [2.05, 4.69) is 5.32 Å². The summed E-state index contributed by atoms with van der Waals surface area (Å²) in [4.78, 5) is 40.4. The van der Waals surface area contributed by atoms with Gasteiger partial charge in [-0.05, 0) is 31.2 Å². The molecule has 2 fully saturated rings. The Labute approximate surface area is 159 Å². The summed E-state index contributed by atoms with van der Waals surface area (Å²) in [6.45, 7) is 2.58. The van der Waals surface area contributed by atoms with Gasteiger partial charge in [0.15, 0.2) is 0 Å². The van der Waals surface area contributed by atoms with Crippen LogP contribution in [0.5, 0.6) is 0 Å². The van der Waals surface area contributed by atoms with Gasteiger partial charge in [0, 0.05) is 32.6 Å². The van der Waals surface area contributed by atoms with E-state index in [9.17, 15) is 19.5 Å². The molecule has 3 amide bonds. The molecule has 2 N–H and O–H groups in total. The van der Waals surface area contributed by atoms with E-state index in [4.69, 9.17) is 0 Å². The quantitative estimate of drug-likeness (QED) is 0.822. The van der Waals surface area contributed by atoms with Crippen molar-refractivity contribution in [3.63, 3.8) is 0 Å². The molecule has 7 nitrogen and oxygen atoms in total. The first-order valence-electron chi connectivity index (χ1n) is 9.65. The number of carboxylic acid groups (broad SMARTS) is 1. The van der Waals surface area contributed by atoms with E-state index in [-0.39, 0.29) is 24.3 Å². The number of hydrogen-bond donors (Lipinski definition) is 2. The molecule has 2 atom stereocenters. The first-order valence-corrected chi connectivity index (χ1v) is 9.65. The van der Waals surface area contributed by atoms with Crippen LogP contribution in [0.25, 0.3) is 0 Å². The maximum Gasteiger partial charge on any atom is 0.326 e. The van der Waals surface area contributed by atoms with Crippen molar-refractivity contribution in [2.24, 2.45) is 5.92 Å². The Morgan fingerprint density at radius 1 is 1.04 bits per heavy atom. The molecule has 7 heteroatoms. The van der Waals surface area contributed by atoms with Crippen LogP contribution in [0.15, 0.2) is 30.3 Å². The number of amides is 3. The van der Waals surface area contributed by atoms with Crippen molar-refractivity contribution in [1.29, 1.82) is 0 Å². The number of nitrogens with zero attached hydrogens (tertiary/aromatic N) is 2. The third-order valence-electron chi connectivity index (χ3n) is 5.34. The van der Waals surface area contributed by atoms with Crippen molar-refractivity contribution in [2.45, 2.75) is 38.1 Å². The topological polar surface area (TPSA) is 90.0 Å². The van der Waals surface area contributed by atoms with E-state index in [0.29, 0.717) is 19.5 Å². The average molecular weight is 373 g/mol. The molecule has 2 saturated heterocycles. The van der Waals surface area contributed by atoms with E-state index in [0.717, 1.165) is 37.9 Å². The van der Waals surface area contributed by atoms with Crippen LogP contribution >= 0.6 is 0 Å². The monoisotopic (exact) mass is 373 g/mol. The SMILES string of the molecule is O=C(N[C@H](Cc1ccccc1)C(=O)O)C1CCCN(C(=O)N2CCCC2)C1. The highest BCUT2D eigenvalue weighted by Gasteiger charge is 2.33. The van der Waals surface area contributed by atoms with Crippen molar-refractivity contribution in [2.75, 3.05) is 26.2 Å². The molecule has 27 heavy (non-hydrogen) atoms. The Balaban J connectivity index is 1.58. The molecule has 0 radical (unpaired) electrons. The second-order valence-electron chi connectivity index (χ2n) is 7.35. The van der Waals surface area contributed by atoms with Crippen LogP contribution in [0.3, 0.4) is 0 Å². The second kappa shape index (κ2) is 8.88. The van der Waals surface area contributed by atoms with E-state index in [1.54, 1.807) is 4.90 Å². The fourth-order valence-corrected chi connectivity index (χ4v) is 3.81. The molecular formula is C20H27N3O4. The number of benzene rings is 1. The Bertz CT molecular complexity index is 673. The molecule has 2 heterocycles. The van der Waals surface area contributed by atoms with Crippen molar-refractivity contribution in [3.8, 4) is 0 Å². The van der Waals surface area contributed by atoms with Crippen LogP contribution in [0.2, 0.25) is 0 Å². The lowest BCUT2D eigenvalue weighted by atomic mass is 9.96. The van der Waals surface area contributed by atoms with Gasteiger partial charge in [0.1, 0.15) is 6.04 Å². The number of carboxylic acids is 1. The normalized spacial score (nSPS) is 21.0. The van der Waals surface area contributed by atoms with Gasteiger partial charge in [-0.25, -0.2) is 9.59 Å². The number of piperidine rings is 1. The summed E-state index contributed by atoms with van der Waals surface area (Å²) in [6.07, 6.45) is 3.74. The van der Waals surface area contributed by atoms with E-state index in [1.165, 1.54) is 0 Å². The maximum atomic E-state index is 12.7. The first kappa shape index (κ1) is 19.2. The fraction of sp³-hybridized carbons (Fsp3) is 0.550. The van der Waals surface area contributed by atoms with E-state index in [1.807, 2.05) is 35.2 Å². The summed E-state index contributed by atoms with van der Waals surface area (Å²) < 4.78 is 0. The largest absolute Gasteiger partial charge is 0.480 e. The van der Waals surface area contributed by atoms with Gasteiger partial charge in [-0.3, -0.25) is 4.79 Å². The Morgan fingerprint density at radius 2 is 1.70 bits per heavy atom. The number of nitrogens with one attached hydrogen (secondary N) is 1. The standard InChI is InChI=1S/C20H27N3O4/c24-18(21-17(19(25)26)13-15-7-2-1-3-8-15)16-9-6-12-23(14-16)20(27)22-10-4-5-11-22/h1-3,7-8,16-17H,4-6,9-14H2,(H,21,24)(H,25,26)/t16?,17-/m1/s1. The predicted octanol–water partition coefficient (Wildman–Crippen LogP) is 1.73. The minimum absolute atomic E-state index is 0.00377. The summed E-state index contributed by atoms with van der Waals surface area (Å²) in [6, 6.07) is 8.29. The van der Waals surface area contributed by atoms with Crippen LogP contribution in [0.1, 0.15) is 31.2 Å². The summed E-state index contributed by atoms with van der Waals surface area (Å²) >= 11 is 0. The van der Waals surface area contributed by atoms with Crippen molar-refractivity contribution >= 4 is 17.9 Å². The molecule has 1 aromatic rings. The lowest BCUT2D eigenvalue weighted by molar-refractivity contribution is -0.142. The Morgan fingerprint density at radius 3 is 2.37 bits per heavy atom. The molecule has 0 spiro atoms. The average Bonchev–Trinajstić information content (AvgIpc) is 3.22. The zero-order chi connectivity index (χ0) is 19.2. The first-order chi connectivity index (χ1) is 13.0. The summed E-state index contributed by atoms with van der Waals surface area (Å²) in [5, 5.41) is 12.2. The van der Waals surface area contributed by atoms with Crippen molar-refractivity contribution in [1.82, 2.24) is 15.1 Å². The molecule has 2 aliphatic rings. The summed E-state index contributed by atoms with van der Waals surface area (Å²) in [5.41, 5.74) is 0.861. The number of hydrogen-bond acceptors (Lipinski definition) is 3. The van der Waals surface area contributed by atoms with Crippen molar-refractivity contribution in [3.05, 3.63) is 35.9 Å². The lowest BCUT2D eigenvalue weighted by Gasteiger charge is -2.35. The third kappa shape index (κ3) is 4.99. The number of urea groups is 1. The zero-order valence-corrected chi connectivity index (χ0v) is 15.5. The molecule has 2 aliphatic heterocycles. The van der Waals surface area contributed by atoms with Crippen LogP contribution in [-0.4, -0.2) is 65.0 Å². The van der Waals surface area contributed by atoms with Gasteiger partial charge in [-0.1, -0.05) is 30.3 Å². The fourth-order valence-electron chi connectivity index (χ4n) is 3.81. The van der Waals surface area contributed by atoms with Gasteiger partial charge in [0.05, 0.1) is 5.92 Å². The number of aliphatic carboxylic acids is 1. The molecule has 0 bridgehead atoms. The minimum Gasteiger partial charge on any atom is -0.480 e. The maximum absolute atomic E-state index is 12.7. The van der Waals surface area contributed by atoms with Gasteiger partial charge >= 0.3 is 12.0 Å². The Kier molecular flexibility index (Phi) is 6.32. The number of carbonyl (C=O) groups excluding carboxylic acids is 2. The highest BCUT2D eigenvalue weighted by atomic mass is 16.4.